The van der Waals surface area contributed by atoms with Crippen LogP contribution < -0.4 is 9.47 Å². The van der Waals surface area contributed by atoms with Crippen molar-refractivity contribution in [3.63, 3.8) is 0 Å². The van der Waals surface area contributed by atoms with Crippen LogP contribution in [-0.2, 0) is 0 Å². The van der Waals surface area contributed by atoms with Gasteiger partial charge >= 0.3 is 0 Å². The zero-order chi connectivity index (χ0) is 33.7. The molecule has 0 amide bonds. The first-order valence-electron chi connectivity index (χ1n) is 17.6. The molecule has 1 aliphatic heterocycles. The summed E-state index contributed by atoms with van der Waals surface area (Å²) in [5, 5.41) is 2.51. The molecule has 1 aromatic heterocycles. The molecule has 0 unspecified atom stereocenters. The van der Waals surface area contributed by atoms with Gasteiger partial charge in [0, 0.05) is 44.3 Å². The zero-order valence-electron chi connectivity index (χ0n) is 27.9. The molecule has 0 saturated heterocycles. The third-order valence-corrected chi connectivity index (χ3v) is 10.1. The highest BCUT2D eigenvalue weighted by Gasteiger charge is 2.23. The lowest BCUT2D eigenvalue weighted by Gasteiger charge is -2.22. The van der Waals surface area contributed by atoms with E-state index in [0.29, 0.717) is 0 Å². The average Bonchev–Trinajstić information content (AvgIpc) is 3.54. The maximum atomic E-state index is 6.99. The van der Waals surface area contributed by atoms with Crippen molar-refractivity contribution in [1.29, 1.82) is 0 Å². The number of hydrogen-bond acceptors (Lipinski definition) is 2. The van der Waals surface area contributed by atoms with Gasteiger partial charge in [0.05, 0.1) is 11.0 Å². The van der Waals surface area contributed by atoms with Crippen molar-refractivity contribution in [3.05, 3.63) is 176 Å². The number of hydrogen-bond donors (Lipinski definition) is 0. The molecule has 0 fully saturated rings. The molecule has 8 aromatic rings. The Morgan fingerprint density at radius 3 is 1.75 bits per heavy atom. The lowest BCUT2D eigenvalue weighted by atomic mass is 9.95. The van der Waals surface area contributed by atoms with Gasteiger partial charge in [0.1, 0.15) is 23.0 Å². The number of ether oxygens (including phenoxy) is 2. The highest BCUT2D eigenvalue weighted by Crippen LogP contribution is 2.49. The van der Waals surface area contributed by atoms with Crippen LogP contribution in [0, 0.1) is 0 Å². The number of fused-ring (bicyclic) bond motifs is 9. The molecule has 2 aliphatic rings. The minimum absolute atomic E-state index is 0.774. The largest absolute Gasteiger partial charge is 0.456 e. The molecule has 0 atom stereocenters. The highest BCUT2D eigenvalue weighted by molar-refractivity contribution is 6.14. The Morgan fingerprint density at radius 1 is 0.431 bits per heavy atom. The van der Waals surface area contributed by atoms with E-state index >= 15 is 0 Å². The summed E-state index contributed by atoms with van der Waals surface area (Å²) >= 11 is 0. The number of aromatic nitrogens is 1. The molecule has 3 heteroatoms. The Balaban J connectivity index is 1.20. The first kappa shape index (κ1) is 29.3. The van der Waals surface area contributed by atoms with Crippen molar-refractivity contribution in [2.45, 2.75) is 12.8 Å². The molecule has 10 rings (SSSR count). The van der Waals surface area contributed by atoms with Crippen molar-refractivity contribution in [2.24, 2.45) is 0 Å². The quantitative estimate of drug-likeness (QED) is 0.189. The lowest BCUT2D eigenvalue weighted by molar-refractivity contribution is 0.472. The van der Waals surface area contributed by atoms with Gasteiger partial charge in [0.2, 0.25) is 0 Å². The van der Waals surface area contributed by atoms with Gasteiger partial charge in [-0.15, -0.1) is 0 Å². The van der Waals surface area contributed by atoms with Crippen LogP contribution in [-0.4, -0.2) is 4.57 Å². The van der Waals surface area contributed by atoms with Gasteiger partial charge in [-0.25, -0.2) is 0 Å². The normalized spacial score (nSPS) is 13.3. The minimum atomic E-state index is 0.774. The SMILES string of the molecule is C1=CCCC(n2c3ccccc3c3cccc(-c4ccc5c(c4)-c4ccccc4Oc4ccccc4-c4cc(-c6ccccc6)ccc4O5)c32)=C1. The first-order chi connectivity index (χ1) is 25.3. The molecule has 2 heterocycles. The number of nitrogens with zero attached hydrogens (tertiary/aromatic N) is 1. The third kappa shape index (κ3) is 4.97. The van der Waals surface area contributed by atoms with Gasteiger partial charge in [-0.2, -0.15) is 0 Å². The topological polar surface area (TPSA) is 23.4 Å². The minimum Gasteiger partial charge on any atom is -0.456 e. The summed E-state index contributed by atoms with van der Waals surface area (Å²) in [6.45, 7) is 0. The summed E-state index contributed by atoms with van der Waals surface area (Å²) in [7, 11) is 0. The molecular weight excluding hydrogens is 623 g/mol. The molecule has 0 spiro atoms. The molecule has 0 N–H and O–H groups in total. The summed E-state index contributed by atoms with van der Waals surface area (Å²) in [5.41, 5.74) is 12.2. The van der Waals surface area contributed by atoms with Crippen LogP contribution in [0.3, 0.4) is 0 Å². The molecule has 51 heavy (non-hydrogen) atoms. The standard InChI is InChI=1S/C48H33NO2/c1-3-14-32(15-4-1)33-26-28-46-41(30-33)38-19-8-11-24-44(38)50-45-25-12-9-20-39(45)42-31-34(27-29-47(42)51-46)36-21-13-22-40-37-18-7-10-23-43(37)49(48(36)40)35-16-5-2-6-17-35/h1-5,7-16,18-31H,6,17H2. The van der Waals surface area contributed by atoms with E-state index in [9.17, 15) is 0 Å². The number of benzene rings is 7. The number of allylic oxidation sites excluding steroid dienone is 4. The monoisotopic (exact) mass is 655 g/mol. The maximum absolute atomic E-state index is 6.99. The Morgan fingerprint density at radius 2 is 1.02 bits per heavy atom. The van der Waals surface area contributed by atoms with E-state index in [2.05, 4.69) is 150 Å². The van der Waals surface area contributed by atoms with Crippen LogP contribution in [0.4, 0.5) is 0 Å². The van der Waals surface area contributed by atoms with Gasteiger partial charge in [-0.1, -0.05) is 127 Å². The van der Waals surface area contributed by atoms with Crippen LogP contribution >= 0.6 is 0 Å². The van der Waals surface area contributed by atoms with Gasteiger partial charge in [0.25, 0.3) is 0 Å². The van der Waals surface area contributed by atoms with E-state index in [1.165, 1.54) is 33.1 Å². The van der Waals surface area contributed by atoms with E-state index in [1.807, 2.05) is 30.3 Å². The molecule has 242 valence electrons. The fourth-order valence-corrected chi connectivity index (χ4v) is 7.76. The van der Waals surface area contributed by atoms with E-state index in [1.54, 1.807) is 0 Å². The van der Waals surface area contributed by atoms with Gasteiger partial charge in [0.15, 0.2) is 0 Å². The fraction of sp³-hybridized carbons (Fsp3) is 0.0417. The Labute approximate surface area is 297 Å². The second kappa shape index (κ2) is 12.1. The van der Waals surface area contributed by atoms with E-state index in [-0.39, 0.29) is 0 Å². The third-order valence-electron chi connectivity index (χ3n) is 10.1. The van der Waals surface area contributed by atoms with E-state index in [0.717, 1.165) is 74.8 Å². The molecule has 0 radical (unpaired) electrons. The van der Waals surface area contributed by atoms with Crippen molar-refractivity contribution in [3.8, 4) is 67.5 Å². The molecule has 0 bridgehead atoms. The van der Waals surface area contributed by atoms with Crippen LogP contribution in [0.1, 0.15) is 12.8 Å². The number of para-hydroxylation sites is 4. The van der Waals surface area contributed by atoms with E-state index < -0.39 is 0 Å². The highest BCUT2D eigenvalue weighted by atomic mass is 16.5. The average molecular weight is 656 g/mol. The molecule has 1 aliphatic carbocycles. The maximum Gasteiger partial charge on any atom is 0.135 e. The van der Waals surface area contributed by atoms with Gasteiger partial charge in [-0.05, 0) is 78.1 Å². The van der Waals surface area contributed by atoms with Gasteiger partial charge < -0.3 is 14.0 Å². The molecule has 3 nitrogen and oxygen atoms in total. The van der Waals surface area contributed by atoms with Crippen LogP contribution in [0.25, 0.3) is 72.0 Å². The fourth-order valence-electron chi connectivity index (χ4n) is 7.76. The van der Waals surface area contributed by atoms with Crippen molar-refractivity contribution < 1.29 is 9.47 Å². The van der Waals surface area contributed by atoms with Crippen molar-refractivity contribution in [2.75, 3.05) is 0 Å². The Kier molecular flexibility index (Phi) is 6.95. The Hall–Kier alpha value is -6.58. The second-order valence-electron chi connectivity index (χ2n) is 13.2. The molecular formula is C48H33NO2. The van der Waals surface area contributed by atoms with Crippen LogP contribution in [0.15, 0.2) is 176 Å². The van der Waals surface area contributed by atoms with Crippen molar-refractivity contribution >= 4 is 27.5 Å². The molecule has 7 aromatic carbocycles. The van der Waals surface area contributed by atoms with Crippen molar-refractivity contribution in [1.82, 2.24) is 4.57 Å². The predicted molar refractivity (Wildman–Crippen MR) is 210 cm³/mol. The summed E-state index contributed by atoms with van der Waals surface area (Å²) in [4.78, 5) is 0. The summed E-state index contributed by atoms with van der Waals surface area (Å²) in [6.07, 6.45) is 8.72. The van der Waals surface area contributed by atoms with Crippen LogP contribution in [0.5, 0.6) is 23.0 Å². The Bertz CT molecular complexity index is 2700. The van der Waals surface area contributed by atoms with Gasteiger partial charge in [-0.3, -0.25) is 0 Å². The lowest BCUT2D eigenvalue weighted by Crippen LogP contribution is -2.00. The van der Waals surface area contributed by atoms with Crippen LogP contribution in [0.2, 0.25) is 0 Å². The number of rotatable bonds is 3. The summed E-state index contributed by atoms with van der Waals surface area (Å²) < 4.78 is 16.3. The zero-order valence-corrected chi connectivity index (χ0v) is 27.9. The molecule has 0 saturated carbocycles. The predicted octanol–water partition coefficient (Wildman–Crippen LogP) is 13.6. The first-order valence-corrected chi connectivity index (χ1v) is 17.6. The summed E-state index contributed by atoms with van der Waals surface area (Å²) in [5.74, 6) is 3.11. The van der Waals surface area contributed by atoms with E-state index in [4.69, 9.17) is 9.47 Å². The smallest absolute Gasteiger partial charge is 0.135 e. The second-order valence-corrected chi connectivity index (χ2v) is 13.2. The summed E-state index contributed by atoms with van der Waals surface area (Å²) in [6, 6.07) is 55.4.